The monoisotopic (exact) mass is 255 g/mol. The number of aryl methyl sites for hydroxylation is 2. The van der Waals surface area contributed by atoms with E-state index >= 15 is 0 Å². The molecule has 0 radical (unpaired) electrons. The third kappa shape index (κ3) is 5.42. The summed E-state index contributed by atoms with van der Waals surface area (Å²) in [5.41, 5.74) is 2.87. The molecule has 0 unspecified atom stereocenters. The highest BCUT2D eigenvalue weighted by atomic mass is 31.2. The predicted molar refractivity (Wildman–Crippen MR) is 82.2 cm³/mol. The molecule has 0 aliphatic carbocycles. The highest BCUT2D eigenvalue weighted by Gasteiger charge is 2.25. The average Bonchev–Trinajstić information content (AvgIpc) is 2.15. The third-order valence-electron chi connectivity index (χ3n) is 2.79. The highest BCUT2D eigenvalue weighted by Crippen LogP contribution is 2.58. The molecule has 0 amide bonds. The fourth-order valence-electron chi connectivity index (χ4n) is 2.02. The largest absolute Gasteiger partial charge is 0.0766 e. The first-order valence-electron chi connectivity index (χ1n) is 5.91. The lowest BCUT2D eigenvalue weighted by Crippen LogP contribution is -2.02. The van der Waals surface area contributed by atoms with Gasteiger partial charge in [-0.2, -0.15) is 0 Å². The number of benzene rings is 1. The van der Waals surface area contributed by atoms with E-state index in [1.807, 2.05) is 0 Å². The van der Waals surface area contributed by atoms with Gasteiger partial charge < -0.3 is 0 Å². The summed E-state index contributed by atoms with van der Waals surface area (Å²) in [6, 6.07) is 9.03. The molecule has 1 rings (SSSR count). The van der Waals surface area contributed by atoms with Crippen molar-refractivity contribution in [2.75, 3.05) is 38.7 Å². The maximum Gasteiger partial charge on any atom is 0.0766 e. The van der Waals surface area contributed by atoms with Gasteiger partial charge in [0.15, 0.2) is 0 Å². The standard InChI is InChI=1S/C14H25P2/c1-13-6-8-14(9-7-13)10-11-16(4,5)12-15(2)3/h6-9H,10-12H2,1-5H3/q+1. The lowest BCUT2D eigenvalue weighted by atomic mass is 10.1. The van der Waals surface area contributed by atoms with Crippen LogP contribution in [0.2, 0.25) is 0 Å². The Morgan fingerprint density at radius 2 is 1.62 bits per heavy atom. The molecule has 0 nitrogen and oxygen atoms in total. The van der Waals surface area contributed by atoms with Crippen LogP contribution >= 0.6 is 15.2 Å². The maximum atomic E-state index is 2.52. The smallest absolute Gasteiger partial charge is 0.0733 e. The molecular formula is C14H25P2+. The van der Waals surface area contributed by atoms with Crippen molar-refractivity contribution >= 4 is 15.2 Å². The lowest BCUT2D eigenvalue weighted by Gasteiger charge is -2.20. The molecule has 0 aromatic heterocycles. The Kier molecular flexibility index (Phi) is 5.42. The molecule has 0 aliphatic heterocycles. The second-order valence-electron chi connectivity index (χ2n) is 5.62. The van der Waals surface area contributed by atoms with Gasteiger partial charge in [-0.3, -0.25) is 0 Å². The molecule has 0 heterocycles. The van der Waals surface area contributed by atoms with Gasteiger partial charge in [-0.05, 0) is 25.8 Å². The Hall–Kier alpha value is 0.0800. The van der Waals surface area contributed by atoms with Crippen LogP contribution in [-0.2, 0) is 6.42 Å². The second-order valence-corrected chi connectivity index (χ2v) is 13.2. The minimum Gasteiger partial charge on any atom is -0.0733 e. The Morgan fingerprint density at radius 1 is 1.06 bits per heavy atom. The van der Waals surface area contributed by atoms with Crippen LogP contribution in [0.4, 0.5) is 0 Å². The van der Waals surface area contributed by atoms with Crippen LogP contribution < -0.4 is 0 Å². The van der Waals surface area contributed by atoms with E-state index in [9.17, 15) is 0 Å². The van der Waals surface area contributed by atoms with Crippen molar-refractivity contribution in [2.24, 2.45) is 0 Å². The average molecular weight is 255 g/mol. The fraction of sp³-hybridized carbons (Fsp3) is 0.571. The highest BCUT2D eigenvalue weighted by molar-refractivity contribution is 7.84. The Balaban J connectivity index is 2.47. The van der Waals surface area contributed by atoms with Gasteiger partial charge in [-0.15, -0.1) is 0 Å². The first-order valence-corrected chi connectivity index (χ1v) is 11.4. The van der Waals surface area contributed by atoms with Gasteiger partial charge in [-0.25, -0.2) is 0 Å². The quantitative estimate of drug-likeness (QED) is 0.679. The van der Waals surface area contributed by atoms with Crippen molar-refractivity contribution in [3.05, 3.63) is 35.4 Å². The summed E-state index contributed by atoms with van der Waals surface area (Å²) in [4.78, 5) is 0. The third-order valence-corrected chi connectivity index (χ3v) is 9.55. The molecule has 90 valence electrons. The van der Waals surface area contributed by atoms with Gasteiger partial charge >= 0.3 is 0 Å². The number of rotatable bonds is 5. The zero-order valence-electron chi connectivity index (χ0n) is 11.3. The fourth-order valence-corrected chi connectivity index (χ4v) is 9.58. The zero-order valence-corrected chi connectivity index (χ0v) is 13.1. The Labute approximate surface area is 103 Å². The van der Waals surface area contributed by atoms with E-state index in [1.165, 1.54) is 29.6 Å². The van der Waals surface area contributed by atoms with Gasteiger partial charge in [0.2, 0.25) is 0 Å². The van der Waals surface area contributed by atoms with Crippen molar-refractivity contribution < 1.29 is 0 Å². The normalized spacial score (nSPS) is 12.1. The SMILES string of the molecule is Cc1ccc(CC[P+](C)(C)CP(C)C)cc1. The van der Waals surface area contributed by atoms with Crippen molar-refractivity contribution in [3.8, 4) is 0 Å². The zero-order chi connectivity index (χ0) is 12.2. The van der Waals surface area contributed by atoms with E-state index in [0.717, 1.165) is 0 Å². The van der Waals surface area contributed by atoms with E-state index in [0.29, 0.717) is 0 Å². The van der Waals surface area contributed by atoms with Gasteiger partial charge in [0.05, 0.1) is 12.1 Å². The summed E-state index contributed by atoms with van der Waals surface area (Å²) in [5.74, 6) is 1.49. The molecule has 0 saturated carbocycles. The van der Waals surface area contributed by atoms with Crippen LogP contribution in [0.1, 0.15) is 11.1 Å². The predicted octanol–water partition coefficient (Wildman–Crippen LogP) is 4.51. The lowest BCUT2D eigenvalue weighted by molar-refractivity contribution is 1.13. The molecule has 0 N–H and O–H groups in total. The summed E-state index contributed by atoms with van der Waals surface area (Å²) in [5, 5.41) is 0. The van der Waals surface area contributed by atoms with Crippen molar-refractivity contribution in [1.29, 1.82) is 0 Å². The van der Waals surface area contributed by atoms with Crippen molar-refractivity contribution in [1.82, 2.24) is 0 Å². The molecular weight excluding hydrogens is 230 g/mol. The molecule has 0 atom stereocenters. The van der Waals surface area contributed by atoms with Crippen molar-refractivity contribution in [3.63, 3.8) is 0 Å². The van der Waals surface area contributed by atoms with Crippen LogP contribution in [0.3, 0.4) is 0 Å². The van der Waals surface area contributed by atoms with Crippen LogP contribution in [0.15, 0.2) is 24.3 Å². The first kappa shape index (κ1) is 14.1. The van der Waals surface area contributed by atoms with Crippen LogP contribution in [0.25, 0.3) is 0 Å². The minimum absolute atomic E-state index is 0.275. The summed E-state index contributed by atoms with van der Waals surface area (Å²) >= 11 is 0. The van der Waals surface area contributed by atoms with E-state index in [2.05, 4.69) is 57.8 Å². The summed E-state index contributed by atoms with van der Waals surface area (Å²) in [6.45, 7) is 12.0. The molecule has 0 fully saturated rings. The molecule has 16 heavy (non-hydrogen) atoms. The molecule has 2 heteroatoms. The van der Waals surface area contributed by atoms with E-state index in [4.69, 9.17) is 0 Å². The minimum atomic E-state index is -0.647. The Bertz CT molecular complexity index is 312. The van der Waals surface area contributed by atoms with E-state index in [1.54, 1.807) is 0 Å². The van der Waals surface area contributed by atoms with Gasteiger partial charge in [0.25, 0.3) is 0 Å². The molecule has 0 aliphatic rings. The van der Waals surface area contributed by atoms with Gasteiger partial charge in [0, 0.05) is 27.0 Å². The molecule has 0 bridgehead atoms. The Morgan fingerprint density at radius 3 is 2.12 bits per heavy atom. The molecule has 1 aromatic carbocycles. The summed E-state index contributed by atoms with van der Waals surface area (Å²) in [6.07, 6.45) is 2.68. The summed E-state index contributed by atoms with van der Waals surface area (Å²) in [7, 11) is -0.372. The van der Waals surface area contributed by atoms with E-state index in [-0.39, 0.29) is 7.92 Å². The molecule has 0 saturated heterocycles. The number of hydrogen-bond donors (Lipinski definition) is 0. The summed E-state index contributed by atoms with van der Waals surface area (Å²) < 4.78 is 0. The molecule has 0 spiro atoms. The van der Waals surface area contributed by atoms with Crippen LogP contribution in [0.5, 0.6) is 0 Å². The molecule has 1 aromatic rings. The van der Waals surface area contributed by atoms with Gasteiger partial charge in [0.1, 0.15) is 0 Å². The second kappa shape index (κ2) is 6.13. The van der Waals surface area contributed by atoms with Crippen LogP contribution in [-0.4, -0.2) is 38.7 Å². The maximum absolute atomic E-state index is 2.52. The topological polar surface area (TPSA) is 0 Å². The van der Waals surface area contributed by atoms with Gasteiger partial charge in [-0.1, -0.05) is 37.8 Å². The van der Waals surface area contributed by atoms with Crippen molar-refractivity contribution in [2.45, 2.75) is 13.3 Å². The van der Waals surface area contributed by atoms with E-state index < -0.39 is 7.26 Å². The first-order chi connectivity index (χ1) is 7.39. The van der Waals surface area contributed by atoms with Crippen LogP contribution in [0, 0.1) is 6.92 Å². The number of hydrogen-bond acceptors (Lipinski definition) is 0.